The molecule has 0 aliphatic carbocycles. The quantitative estimate of drug-likeness (QED) is 0.431. The molecule has 3 rings (SSSR count). The third-order valence-corrected chi connectivity index (χ3v) is 7.99. The highest BCUT2D eigenvalue weighted by Gasteiger charge is 2.54. The fourth-order valence-electron chi connectivity index (χ4n) is 3.65. The van der Waals surface area contributed by atoms with Crippen molar-refractivity contribution in [3.05, 3.63) is 29.8 Å². The third kappa shape index (κ3) is 4.33. The zero-order valence-corrected chi connectivity index (χ0v) is 17.2. The van der Waals surface area contributed by atoms with Gasteiger partial charge in [0.15, 0.2) is 4.75 Å². The summed E-state index contributed by atoms with van der Waals surface area (Å²) in [6.45, 7) is 1.43. The number of hydrogen-bond acceptors (Lipinski definition) is 7. The Balaban J connectivity index is 0.00000300. The highest BCUT2D eigenvalue weighted by atomic mass is 35.5. The van der Waals surface area contributed by atoms with E-state index in [4.69, 9.17) is 15.1 Å². The van der Waals surface area contributed by atoms with Gasteiger partial charge in [-0.1, -0.05) is 0 Å². The van der Waals surface area contributed by atoms with Gasteiger partial charge in [-0.25, -0.2) is 18.7 Å². The lowest BCUT2D eigenvalue weighted by atomic mass is 9.98. The molecule has 1 aromatic rings. The molecule has 2 aliphatic heterocycles. The summed E-state index contributed by atoms with van der Waals surface area (Å²) in [5.74, 6) is -1.94. The molecule has 2 heterocycles. The van der Waals surface area contributed by atoms with Crippen LogP contribution in [0.1, 0.15) is 23.2 Å². The molecule has 12 heteroatoms. The number of ether oxygens (including phenoxy) is 1. The normalized spacial score (nSPS) is 19.8. The number of halogens is 1. The zero-order valence-electron chi connectivity index (χ0n) is 15.6. The van der Waals surface area contributed by atoms with E-state index in [2.05, 4.69) is 0 Å². The molecule has 1 aromatic carbocycles. The highest BCUT2D eigenvalue weighted by Crippen LogP contribution is 2.33. The van der Waals surface area contributed by atoms with Crippen molar-refractivity contribution in [1.82, 2.24) is 9.79 Å². The predicted molar refractivity (Wildman–Crippen MR) is 106 cm³/mol. The molecule has 1 amide bonds. The van der Waals surface area contributed by atoms with Gasteiger partial charge in [0.05, 0.1) is 5.56 Å². The Bertz CT molecular complexity index is 833. The van der Waals surface area contributed by atoms with Gasteiger partial charge in [0.1, 0.15) is 0 Å². The largest absolute Gasteiger partial charge is 0.478 e. The summed E-state index contributed by atoms with van der Waals surface area (Å²) in [6, 6.07) is 6.38. The van der Waals surface area contributed by atoms with Crippen LogP contribution in [0.2, 0.25) is 0 Å². The molecular formula is C17H24ClN3O7S. The van der Waals surface area contributed by atoms with Crippen molar-refractivity contribution in [2.24, 2.45) is 0 Å². The number of sulfonamides is 1. The van der Waals surface area contributed by atoms with Crippen LogP contribution in [0, 0.1) is 0 Å². The molecule has 0 atom stereocenters. The van der Waals surface area contributed by atoms with E-state index in [1.54, 1.807) is 12.1 Å². The Morgan fingerprint density at radius 3 is 2.07 bits per heavy atom. The van der Waals surface area contributed by atoms with Crippen molar-refractivity contribution in [2.75, 3.05) is 44.3 Å². The molecule has 162 valence electrons. The van der Waals surface area contributed by atoms with Crippen LogP contribution < -0.4 is 10.4 Å². The monoisotopic (exact) mass is 449 g/mol. The number of carboxylic acids is 1. The van der Waals surface area contributed by atoms with Crippen molar-refractivity contribution in [1.29, 1.82) is 0 Å². The molecule has 2 fully saturated rings. The summed E-state index contributed by atoms with van der Waals surface area (Å²) in [5, 5.41) is 18.1. The van der Waals surface area contributed by atoms with E-state index in [9.17, 15) is 18.0 Å². The number of carbonyl (C=O) groups is 2. The number of aromatic carboxylic acids is 1. The molecule has 10 nitrogen and oxygen atoms in total. The molecule has 0 aromatic heterocycles. The molecule has 0 spiro atoms. The van der Waals surface area contributed by atoms with E-state index in [1.165, 1.54) is 21.9 Å². The molecule has 2 saturated heterocycles. The van der Waals surface area contributed by atoms with Crippen LogP contribution in [0.15, 0.2) is 24.3 Å². The molecule has 2 aliphatic rings. The number of hydroxylamine groups is 1. The van der Waals surface area contributed by atoms with Gasteiger partial charge in [0.2, 0.25) is 10.0 Å². The maximum absolute atomic E-state index is 13.2. The number of piperazine rings is 1. The average Bonchev–Trinajstić information content (AvgIpc) is 2.73. The fourth-order valence-corrected chi connectivity index (χ4v) is 5.75. The number of anilines is 1. The first-order valence-corrected chi connectivity index (χ1v) is 10.4. The summed E-state index contributed by atoms with van der Waals surface area (Å²) in [4.78, 5) is 25.2. The third-order valence-electron chi connectivity index (χ3n) is 5.37. The predicted octanol–water partition coefficient (Wildman–Crippen LogP) is 0.313. The van der Waals surface area contributed by atoms with Crippen molar-refractivity contribution >= 4 is 40.0 Å². The Hall–Kier alpha value is -1.92. The lowest BCUT2D eigenvalue weighted by Gasteiger charge is -2.42. The zero-order chi connectivity index (χ0) is 20.4. The minimum atomic E-state index is -4.00. The van der Waals surface area contributed by atoms with Crippen molar-refractivity contribution in [2.45, 2.75) is 17.6 Å². The standard InChI is InChI=1S/C17H23N3O7S.ClH/c21-15(22)13-1-3-14(4-2-13)19-7-9-20(10-8-19)28(25,26)17(16(23)18-24)5-11-27-12-6-17;/h1-4,24H,5-12H2,(H,18,23)(H,21,22);1H. The first kappa shape index (κ1) is 23.4. The van der Waals surface area contributed by atoms with E-state index < -0.39 is 26.6 Å². The van der Waals surface area contributed by atoms with Crippen molar-refractivity contribution in [3.8, 4) is 0 Å². The van der Waals surface area contributed by atoms with E-state index in [-0.39, 0.29) is 57.1 Å². The average molecular weight is 450 g/mol. The summed E-state index contributed by atoms with van der Waals surface area (Å²) in [5.41, 5.74) is 2.49. The molecule has 29 heavy (non-hydrogen) atoms. The van der Waals surface area contributed by atoms with Gasteiger partial charge < -0.3 is 14.7 Å². The lowest BCUT2D eigenvalue weighted by Crippen LogP contribution is -2.62. The van der Waals surface area contributed by atoms with Gasteiger partial charge in [-0.15, -0.1) is 12.4 Å². The van der Waals surface area contributed by atoms with Gasteiger partial charge in [0.25, 0.3) is 5.91 Å². The SMILES string of the molecule is Cl.O=C(O)c1ccc(N2CCN(S(=O)(=O)C3(C(=O)NO)CCOCC3)CC2)cc1. The van der Waals surface area contributed by atoms with Gasteiger partial charge in [0, 0.05) is 57.9 Å². The van der Waals surface area contributed by atoms with Crippen molar-refractivity contribution < 1.29 is 33.1 Å². The Kier molecular flexibility index (Phi) is 7.46. The molecule has 0 saturated carbocycles. The maximum atomic E-state index is 13.2. The van der Waals surface area contributed by atoms with Crippen LogP contribution in [0.5, 0.6) is 0 Å². The van der Waals surface area contributed by atoms with Crippen LogP contribution >= 0.6 is 12.4 Å². The minimum absolute atomic E-state index is 0. The Labute approximate surface area is 174 Å². The lowest BCUT2D eigenvalue weighted by molar-refractivity contribution is -0.134. The smallest absolute Gasteiger partial charge is 0.335 e. The summed E-state index contributed by atoms with van der Waals surface area (Å²) in [6.07, 6.45) is -0.0306. The first-order valence-electron chi connectivity index (χ1n) is 8.92. The first-order chi connectivity index (χ1) is 13.3. The summed E-state index contributed by atoms with van der Waals surface area (Å²) in [7, 11) is -4.00. The van der Waals surface area contributed by atoms with Crippen LogP contribution in [0.25, 0.3) is 0 Å². The number of hydrogen-bond donors (Lipinski definition) is 3. The fraction of sp³-hybridized carbons (Fsp3) is 0.529. The molecule has 0 bridgehead atoms. The van der Waals surface area contributed by atoms with E-state index in [1.807, 2.05) is 4.90 Å². The number of carbonyl (C=O) groups excluding carboxylic acids is 1. The Morgan fingerprint density at radius 1 is 1.03 bits per heavy atom. The summed E-state index contributed by atoms with van der Waals surface area (Å²) < 4.78 is 31.2. The summed E-state index contributed by atoms with van der Waals surface area (Å²) >= 11 is 0. The number of nitrogens with zero attached hydrogens (tertiary/aromatic N) is 2. The van der Waals surface area contributed by atoms with Gasteiger partial charge in [-0.2, -0.15) is 4.31 Å². The second kappa shape index (κ2) is 9.26. The van der Waals surface area contributed by atoms with Gasteiger partial charge in [-0.3, -0.25) is 10.0 Å². The number of nitrogens with one attached hydrogen (secondary N) is 1. The minimum Gasteiger partial charge on any atom is -0.478 e. The molecule has 3 N–H and O–H groups in total. The van der Waals surface area contributed by atoms with Crippen molar-refractivity contribution in [3.63, 3.8) is 0 Å². The molecule has 0 unspecified atom stereocenters. The second-order valence-electron chi connectivity index (χ2n) is 6.79. The topological polar surface area (TPSA) is 136 Å². The maximum Gasteiger partial charge on any atom is 0.335 e. The van der Waals surface area contributed by atoms with Gasteiger partial charge in [-0.05, 0) is 24.3 Å². The Morgan fingerprint density at radius 2 is 1.59 bits per heavy atom. The van der Waals surface area contributed by atoms with E-state index in [0.717, 1.165) is 5.69 Å². The van der Waals surface area contributed by atoms with E-state index >= 15 is 0 Å². The highest BCUT2D eigenvalue weighted by molar-refractivity contribution is 7.91. The number of rotatable bonds is 5. The number of benzene rings is 1. The van der Waals surface area contributed by atoms with Crippen LogP contribution in [-0.2, 0) is 19.6 Å². The van der Waals surface area contributed by atoms with Crippen LogP contribution in [-0.4, -0.2) is 79.1 Å². The van der Waals surface area contributed by atoms with Crippen LogP contribution in [0.3, 0.4) is 0 Å². The molecular weight excluding hydrogens is 426 g/mol. The second-order valence-corrected chi connectivity index (χ2v) is 9.04. The van der Waals surface area contributed by atoms with Crippen LogP contribution in [0.4, 0.5) is 5.69 Å². The number of carboxylic acid groups (broad SMARTS) is 1. The number of amides is 1. The van der Waals surface area contributed by atoms with E-state index in [0.29, 0.717) is 13.1 Å². The molecule has 0 radical (unpaired) electrons. The van der Waals surface area contributed by atoms with Gasteiger partial charge >= 0.3 is 5.97 Å².